The van der Waals surface area contributed by atoms with Gasteiger partial charge in [0.2, 0.25) is 0 Å². The predicted octanol–water partition coefficient (Wildman–Crippen LogP) is 14.1. The predicted molar refractivity (Wildman–Crippen MR) is 216 cm³/mol. The quantitative estimate of drug-likeness (QED) is 0.169. The third-order valence-electron chi connectivity index (χ3n) is 10.4. The van der Waals surface area contributed by atoms with E-state index in [1.165, 1.54) is 98.4 Å². The molecule has 10 rings (SSSR count). The molecule has 50 heavy (non-hydrogen) atoms. The highest BCUT2D eigenvalue weighted by Crippen LogP contribution is 2.50. The Balaban J connectivity index is 1.25. The van der Waals surface area contributed by atoms with Gasteiger partial charge in [0.15, 0.2) is 0 Å². The van der Waals surface area contributed by atoms with Crippen LogP contribution in [0.15, 0.2) is 194 Å². The Kier molecular flexibility index (Phi) is 6.60. The molecular weight excluding hydrogens is 601 g/mol. The minimum atomic E-state index is 1.22. The van der Waals surface area contributed by atoms with Gasteiger partial charge in [-0.2, -0.15) is 0 Å². The minimum Gasteiger partial charge on any atom is -0.0622 e. The van der Waals surface area contributed by atoms with E-state index < -0.39 is 0 Å². The molecule has 0 aromatic heterocycles. The second-order valence-corrected chi connectivity index (χ2v) is 13.2. The molecule has 0 aliphatic heterocycles. The van der Waals surface area contributed by atoms with Crippen molar-refractivity contribution in [1.29, 1.82) is 0 Å². The fourth-order valence-electron chi connectivity index (χ4n) is 8.22. The number of hydrogen-bond donors (Lipinski definition) is 0. The monoisotopic (exact) mass is 632 g/mol. The van der Waals surface area contributed by atoms with Gasteiger partial charge in [-0.15, -0.1) is 0 Å². The first-order chi connectivity index (χ1) is 24.8. The van der Waals surface area contributed by atoms with Gasteiger partial charge >= 0.3 is 0 Å². The lowest BCUT2D eigenvalue weighted by Crippen LogP contribution is -1.94. The first kappa shape index (κ1) is 28.5. The molecule has 0 saturated heterocycles. The molecule has 0 atom stereocenters. The molecular formula is C50H32. The van der Waals surface area contributed by atoms with Crippen molar-refractivity contribution in [3.8, 4) is 44.5 Å². The van der Waals surface area contributed by atoms with Gasteiger partial charge in [-0.05, 0) is 104 Å². The molecule has 0 heterocycles. The lowest BCUT2D eigenvalue weighted by Gasteiger charge is -2.22. The van der Waals surface area contributed by atoms with Gasteiger partial charge in [0.05, 0.1) is 0 Å². The van der Waals surface area contributed by atoms with Crippen molar-refractivity contribution in [1.82, 2.24) is 0 Å². The van der Waals surface area contributed by atoms with E-state index in [0.29, 0.717) is 0 Å². The van der Waals surface area contributed by atoms with Crippen molar-refractivity contribution in [2.24, 2.45) is 0 Å². The topological polar surface area (TPSA) is 0 Å². The molecule has 0 saturated carbocycles. The Morgan fingerprint density at radius 2 is 0.500 bits per heavy atom. The van der Waals surface area contributed by atoms with E-state index in [2.05, 4.69) is 194 Å². The number of fused-ring (bicyclic) bond motifs is 5. The zero-order valence-corrected chi connectivity index (χ0v) is 27.5. The number of rotatable bonds is 4. The molecule has 10 aromatic rings. The van der Waals surface area contributed by atoms with E-state index in [1.54, 1.807) is 0 Å². The average molecular weight is 633 g/mol. The van der Waals surface area contributed by atoms with E-state index in [-0.39, 0.29) is 0 Å². The molecule has 0 radical (unpaired) electrons. The highest BCUT2D eigenvalue weighted by molar-refractivity contribution is 6.29. The molecule has 0 spiro atoms. The van der Waals surface area contributed by atoms with Crippen LogP contribution in [-0.2, 0) is 0 Å². The van der Waals surface area contributed by atoms with Crippen LogP contribution in [0.3, 0.4) is 0 Å². The lowest BCUT2D eigenvalue weighted by molar-refractivity contribution is 1.63. The molecule has 10 aromatic carbocycles. The Bertz CT molecular complexity index is 2780. The Hall–Kier alpha value is -6.50. The van der Waals surface area contributed by atoms with Crippen LogP contribution in [0.1, 0.15) is 0 Å². The standard InChI is InChI=1S/C50H32/c1-2-15-35(16-3-1)47-39-18-6-10-22-43(39)49(44-23-11-7-19-40(44)47)50-45-24-12-8-20-41(45)48(42-21-9-13-25-46(42)50)36-29-26-34(27-30-36)38-31-28-33-14-4-5-17-37(33)32-38/h1-32H. The van der Waals surface area contributed by atoms with Gasteiger partial charge < -0.3 is 0 Å². The second-order valence-electron chi connectivity index (χ2n) is 13.2. The maximum Gasteiger partial charge on any atom is -0.00139 e. The number of benzene rings is 10. The zero-order valence-electron chi connectivity index (χ0n) is 27.5. The van der Waals surface area contributed by atoms with Gasteiger partial charge in [0.1, 0.15) is 0 Å². The molecule has 0 amide bonds. The van der Waals surface area contributed by atoms with E-state index >= 15 is 0 Å². The molecule has 0 aliphatic rings. The average Bonchev–Trinajstić information content (AvgIpc) is 3.19. The summed E-state index contributed by atoms with van der Waals surface area (Å²) in [7, 11) is 0. The largest absolute Gasteiger partial charge is 0.0622 e. The Morgan fingerprint density at radius 3 is 0.960 bits per heavy atom. The van der Waals surface area contributed by atoms with Gasteiger partial charge in [0.25, 0.3) is 0 Å². The third-order valence-corrected chi connectivity index (χ3v) is 10.4. The van der Waals surface area contributed by atoms with Crippen LogP contribution in [0.25, 0.3) is 98.4 Å². The second kappa shape index (κ2) is 11.6. The number of hydrogen-bond acceptors (Lipinski definition) is 0. The van der Waals surface area contributed by atoms with Crippen molar-refractivity contribution in [2.75, 3.05) is 0 Å². The van der Waals surface area contributed by atoms with Crippen molar-refractivity contribution in [3.05, 3.63) is 194 Å². The zero-order chi connectivity index (χ0) is 33.0. The van der Waals surface area contributed by atoms with E-state index in [4.69, 9.17) is 0 Å². The lowest BCUT2D eigenvalue weighted by atomic mass is 9.81. The van der Waals surface area contributed by atoms with Crippen LogP contribution in [0.4, 0.5) is 0 Å². The van der Waals surface area contributed by atoms with Crippen LogP contribution in [0, 0.1) is 0 Å². The summed E-state index contributed by atoms with van der Waals surface area (Å²) in [6.45, 7) is 0. The van der Waals surface area contributed by atoms with Crippen LogP contribution in [0.5, 0.6) is 0 Å². The van der Waals surface area contributed by atoms with Crippen molar-refractivity contribution >= 4 is 53.9 Å². The SMILES string of the molecule is c1ccc(-c2c3ccccc3c(-c3c4ccccc4c(-c4ccc(-c5ccc6ccccc6c5)cc4)c4ccccc34)c3ccccc23)cc1. The Morgan fingerprint density at radius 1 is 0.180 bits per heavy atom. The molecule has 0 aliphatic carbocycles. The van der Waals surface area contributed by atoms with Crippen molar-refractivity contribution in [2.45, 2.75) is 0 Å². The fourth-order valence-corrected chi connectivity index (χ4v) is 8.22. The first-order valence-corrected chi connectivity index (χ1v) is 17.4. The highest BCUT2D eigenvalue weighted by atomic mass is 14.2. The Labute approximate surface area is 291 Å². The molecule has 0 fully saturated rings. The summed E-state index contributed by atoms with van der Waals surface area (Å²) < 4.78 is 0. The fraction of sp³-hybridized carbons (Fsp3) is 0. The van der Waals surface area contributed by atoms with E-state index in [9.17, 15) is 0 Å². The van der Waals surface area contributed by atoms with E-state index in [0.717, 1.165) is 0 Å². The molecule has 232 valence electrons. The summed E-state index contributed by atoms with van der Waals surface area (Å²) in [5.74, 6) is 0. The minimum absolute atomic E-state index is 1.22. The van der Waals surface area contributed by atoms with Gasteiger partial charge in [-0.25, -0.2) is 0 Å². The van der Waals surface area contributed by atoms with Crippen LogP contribution >= 0.6 is 0 Å². The maximum absolute atomic E-state index is 2.32. The van der Waals surface area contributed by atoms with Crippen LogP contribution in [0.2, 0.25) is 0 Å². The molecule has 0 unspecified atom stereocenters. The molecule has 0 bridgehead atoms. The summed E-state index contributed by atoms with van der Waals surface area (Å²) in [4.78, 5) is 0. The van der Waals surface area contributed by atoms with Crippen LogP contribution < -0.4 is 0 Å². The summed E-state index contributed by atoms with van der Waals surface area (Å²) in [6.07, 6.45) is 0. The molecule has 0 nitrogen and oxygen atoms in total. The normalized spacial score (nSPS) is 11.6. The first-order valence-electron chi connectivity index (χ1n) is 17.4. The van der Waals surface area contributed by atoms with Gasteiger partial charge in [-0.3, -0.25) is 0 Å². The summed E-state index contributed by atoms with van der Waals surface area (Å²) in [5.41, 5.74) is 10.1. The maximum atomic E-state index is 2.32. The molecule has 0 heteroatoms. The molecule has 0 N–H and O–H groups in total. The van der Waals surface area contributed by atoms with Crippen LogP contribution in [-0.4, -0.2) is 0 Å². The summed E-state index contributed by atoms with van der Waals surface area (Å²) >= 11 is 0. The van der Waals surface area contributed by atoms with E-state index in [1.807, 2.05) is 0 Å². The van der Waals surface area contributed by atoms with Gasteiger partial charge in [0, 0.05) is 0 Å². The third kappa shape index (κ3) is 4.46. The van der Waals surface area contributed by atoms with Gasteiger partial charge in [-0.1, -0.05) is 188 Å². The van der Waals surface area contributed by atoms with Crippen molar-refractivity contribution < 1.29 is 0 Å². The highest BCUT2D eigenvalue weighted by Gasteiger charge is 2.22. The van der Waals surface area contributed by atoms with Crippen molar-refractivity contribution in [3.63, 3.8) is 0 Å². The smallest absolute Gasteiger partial charge is 0.00139 e. The summed E-state index contributed by atoms with van der Waals surface area (Å²) in [6, 6.07) is 71.3. The summed E-state index contributed by atoms with van der Waals surface area (Å²) in [5, 5.41) is 12.7.